The van der Waals surface area contributed by atoms with Crippen molar-refractivity contribution < 1.29 is 45.2 Å². The minimum Gasteiger partial charge on any atom is -0.480 e. The highest BCUT2D eigenvalue weighted by molar-refractivity contribution is 7.87. The predicted molar refractivity (Wildman–Crippen MR) is 73.0 cm³/mol. The van der Waals surface area contributed by atoms with Crippen LogP contribution in [0.2, 0.25) is 0 Å². The molecule has 0 aliphatic heterocycles. The van der Waals surface area contributed by atoms with Crippen molar-refractivity contribution >= 4 is 22.1 Å². The Morgan fingerprint density at radius 2 is 2.00 bits per heavy atom. The molecule has 0 aromatic heterocycles. The second-order valence-corrected chi connectivity index (χ2v) is 6.56. The number of esters is 1. The van der Waals surface area contributed by atoms with Crippen LogP contribution in [0.15, 0.2) is 11.8 Å². The summed E-state index contributed by atoms with van der Waals surface area (Å²) >= 11 is 0. The van der Waals surface area contributed by atoms with Gasteiger partial charge in [-0.05, 0) is 25.8 Å². The van der Waals surface area contributed by atoms with E-state index in [-0.39, 0.29) is 12.8 Å². The summed E-state index contributed by atoms with van der Waals surface area (Å²) in [5, 5.41) is 11.3. The van der Waals surface area contributed by atoms with Crippen LogP contribution in [0.25, 0.3) is 0 Å². The first-order valence-corrected chi connectivity index (χ1v) is 8.13. The second kappa shape index (κ2) is 7.38. The number of nitrogens with one attached hydrogen (secondary N) is 1. The highest BCUT2D eigenvalue weighted by Crippen LogP contribution is 2.31. The van der Waals surface area contributed by atoms with Gasteiger partial charge in [0.15, 0.2) is 0 Å². The van der Waals surface area contributed by atoms with Crippen molar-refractivity contribution in [2.75, 3.05) is 0 Å². The molecule has 24 heavy (non-hydrogen) atoms. The Kier molecular flexibility index (Phi) is 6.22. The lowest BCUT2D eigenvalue weighted by Gasteiger charge is -2.33. The number of carbonyl (C=O) groups excluding carboxylic acids is 1. The van der Waals surface area contributed by atoms with Crippen molar-refractivity contribution in [1.82, 2.24) is 5.32 Å². The Morgan fingerprint density at radius 3 is 2.46 bits per heavy atom. The Balaban J connectivity index is 3.11. The first-order valence-electron chi connectivity index (χ1n) is 6.72. The fourth-order valence-corrected chi connectivity index (χ4v) is 2.52. The van der Waals surface area contributed by atoms with Crippen LogP contribution >= 0.6 is 0 Å². The number of hydrogen-bond acceptors (Lipinski definition) is 7. The molecule has 0 amide bonds. The Labute approximate surface area is 135 Å². The van der Waals surface area contributed by atoms with Crippen molar-refractivity contribution in [3.63, 3.8) is 0 Å². The van der Waals surface area contributed by atoms with Gasteiger partial charge in [-0.2, -0.15) is 21.6 Å². The maximum Gasteiger partial charge on any atom is 0.534 e. The molecule has 0 bridgehead atoms. The monoisotopic (exact) mass is 375 g/mol. The summed E-state index contributed by atoms with van der Waals surface area (Å²) in [6.07, 6.45) is 0.242. The van der Waals surface area contributed by atoms with E-state index in [2.05, 4.69) is 9.50 Å². The van der Waals surface area contributed by atoms with Gasteiger partial charge in [-0.3, -0.25) is 14.9 Å². The van der Waals surface area contributed by atoms with Crippen LogP contribution in [0.4, 0.5) is 13.2 Å². The molecule has 3 atom stereocenters. The van der Waals surface area contributed by atoms with E-state index in [1.165, 1.54) is 6.92 Å². The first kappa shape index (κ1) is 20.2. The number of alkyl halides is 3. The molecule has 0 aromatic rings. The summed E-state index contributed by atoms with van der Waals surface area (Å²) < 4.78 is 68.8. The van der Waals surface area contributed by atoms with Crippen LogP contribution < -0.4 is 5.32 Å². The molecule has 0 radical (unpaired) electrons. The van der Waals surface area contributed by atoms with Gasteiger partial charge in [-0.25, -0.2) is 0 Å². The van der Waals surface area contributed by atoms with E-state index in [9.17, 15) is 31.2 Å². The molecule has 138 valence electrons. The molecule has 8 nitrogen and oxygen atoms in total. The molecule has 0 spiro atoms. The van der Waals surface area contributed by atoms with Crippen LogP contribution in [0.5, 0.6) is 0 Å². The van der Waals surface area contributed by atoms with E-state index in [0.29, 0.717) is 0 Å². The smallest absolute Gasteiger partial charge is 0.480 e. The molecule has 1 rings (SSSR count). The Morgan fingerprint density at radius 1 is 1.42 bits per heavy atom. The lowest BCUT2D eigenvalue weighted by Crippen LogP contribution is -2.51. The fraction of sp³-hybridized carbons (Fsp3) is 0.667. The van der Waals surface area contributed by atoms with E-state index in [4.69, 9.17) is 9.84 Å². The maximum atomic E-state index is 12.5. The van der Waals surface area contributed by atoms with Gasteiger partial charge in [-0.15, -0.1) is 0 Å². The molecule has 12 heteroatoms. The number of ether oxygens (including phenoxy) is 1. The zero-order valence-electron chi connectivity index (χ0n) is 12.7. The topological polar surface area (TPSA) is 119 Å². The fourth-order valence-electron chi connectivity index (χ4n) is 2.00. The molecule has 0 saturated heterocycles. The average molecular weight is 375 g/mol. The summed E-state index contributed by atoms with van der Waals surface area (Å²) in [5.41, 5.74) is -5.65. The quantitative estimate of drug-likeness (QED) is 0.399. The Hall–Kier alpha value is -1.82. The highest BCUT2D eigenvalue weighted by Gasteiger charge is 2.50. The average Bonchev–Trinajstić information content (AvgIpc) is 2.39. The lowest BCUT2D eigenvalue weighted by atomic mass is 9.96. The zero-order valence-corrected chi connectivity index (χ0v) is 13.5. The van der Waals surface area contributed by atoms with E-state index < -0.39 is 51.5 Å². The Bertz CT molecular complexity index is 629. The zero-order chi connectivity index (χ0) is 18.7. The van der Waals surface area contributed by atoms with Gasteiger partial charge >= 0.3 is 27.6 Å². The molecule has 1 unspecified atom stereocenters. The van der Waals surface area contributed by atoms with Crippen molar-refractivity contribution in [2.45, 2.75) is 50.4 Å². The largest absolute Gasteiger partial charge is 0.534 e. The molecule has 0 saturated carbocycles. The van der Waals surface area contributed by atoms with Crippen molar-refractivity contribution in [2.24, 2.45) is 0 Å². The van der Waals surface area contributed by atoms with E-state index in [1.54, 1.807) is 0 Å². The lowest BCUT2D eigenvalue weighted by molar-refractivity contribution is -0.148. The van der Waals surface area contributed by atoms with Gasteiger partial charge in [0.25, 0.3) is 0 Å². The molecular formula is C12H16F3NO7S. The predicted octanol–water partition coefficient (Wildman–Crippen LogP) is 0.893. The van der Waals surface area contributed by atoms with Crippen molar-refractivity contribution in [3.8, 4) is 0 Å². The summed E-state index contributed by atoms with van der Waals surface area (Å²) in [5.74, 6) is -2.76. The van der Waals surface area contributed by atoms with Crippen LogP contribution in [-0.2, 0) is 28.6 Å². The molecule has 2 N–H and O–H groups in total. The van der Waals surface area contributed by atoms with Gasteiger partial charge in [0.2, 0.25) is 0 Å². The minimum atomic E-state index is -5.93. The van der Waals surface area contributed by atoms with Crippen molar-refractivity contribution in [1.29, 1.82) is 0 Å². The van der Waals surface area contributed by atoms with Gasteiger partial charge in [-0.1, -0.05) is 0 Å². The number of aliphatic carboxylic acids is 1. The van der Waals surface area contributed by atoms with E-state index in [1.807, 2.05) is 0 Å². The van der Waals surface area contributed by atoms with E-state index >= 15 is 0 Å². The van der Waals surface area contributed by atoms with Crippen LogP contribution in [0, 0.1) is 0 Å². The minimum absolute atomic E-state index is 0.0836. The van der Waals surface area contributed by atoms with Crippen LogP contribution in [0.3, 0.4) is 0 Å². The molecular weight excluding hydrogens is 359 g/mol. The van der Waals surface area contributed by atoms with Gasteiger partial charge in [0.05, 0.1) is 0 Å². The van der Waals surface area contributed by atoms with Gasteiger partial charge < -0.3 is 14.0 Å². The summed E-state index contributed by atoms with van der Waals surface area (Å²) in [6, 6.07) is -2.61. The molecule has 0 heterocycles. The van der Waals surface area contributed by atoms with Gasteiger partial charge in [0.1, 0.15) is 23.9 Å². The summed E-state index contributed by atoms with van der Waals surface area (Å²) in [7, 11) is -5.93. The number of carboxylic acid groups (broad SMARTS) is 1. The first-order chi connectivity index (χ1) is 10.8. The third kappa shape index (κ3) is 5.09. The summed E-state index contributed by atoms with van der Waals surface area (Å²) in [4.78, 5) is 22.0. The number of halogens is 3. The third-order valence-corrected chi connectivity index (χ3v) is 4.06. The number of carbonyl (C=O) groups is 2. The highest BCUT2D eigenvalue weighted by atomic mass is 32.2. The molecule has 1 aliphatic carbocycles. The molecule has 0 fully saturated rings. The standard InChI is InChI=1S/C12H16F3NO7S/c1-6(11(18)19)16-10-8(22-7(2)17)4-3-5-9(10)23-24(20,21)12(13,14)15/h5-6,8,10,16H,3-4H2,1-2H3,(H,18,19)/t6-,8-,10?/m0/s1. The maximum absolute atomic E-state index is 12.5. The second-order valence-electron chi connectivity index (χ2n) is 5.02. The third-order valence-electron chi connectivity index (χ3n) is 3.08. The number of carboxylic acids is 1. The van der Waals surface area contributed by atoms with Crippen molar-refractivity contribution in [3.05, 3.63) is 11.8 Å². The number of allylic oxidation sites excluding steroid dienone is 1. The SMILES string of the molecule is CC(=O)O[C@H]1CCC=C(OS(=O)(=O)C(F)(F)F)C1N[C@@H](C)C(=O)O. The van der Waals surface area contributed by atoms with Gasteiger partial charge in [0, 0.05) is 6.92 Å². The molecule has 1 aliphatic rings. The van der Waals surface area contributed by atoms with E-state index in [0.717, 1.165) is 13.0 Å². The van der Waals surface area contributed by atoms with Crippen LogP contribution in [-0.4, -0.2) is 49.2 Å². The summed E-state index contributed by atoms with van der Waals surface area (Å²) in [6.45, 7) is 2.25. The number of hydrogen-bond donors (Lipinski definition) is 2. The normalized spacial score (nSPS) is 23.1. The molecule has 0 aromatic carbocycles. The van der Waals surface area contributed by atoms with Crippen LogP contribution in [0.1, 0.15) is 26.7 Å². The number of rotatable bonds is 6.